The van der Waals surface area contributed by atoms with Crippen LogP contribution in [0.4, 0.5) is 5.13 Å². The summed E-state index contributed by atoms with van der Waals surface area (Å²) in [5, 5.41) is 7.26. The second-order valence-corrected chi connectivity index (χ2v) is 5.39. The van der Waals surface area contributed by atoms with E-state index in [1.807, 2.05) is 34.5 Å². The summed E-state index contributed by atoms with van der Waals surface area (Å²) < 4.78 is 3.02. The van der Waals surface area contributed by atoms with Gasteiger partial charge in [-0.2, -0.15) is 0 Å². The quantitative estimate of drug-likeness (QED) is 0.772. The van der Waals surface area contributed by atoms with Crippen LogP contribution in [0, 0.1) is 0 Å². The van der Waals surface area contributed by atoms with E-state index in [2.05, 4.69) is 10.3 Å². The average Bonchev–Trinajstić information content (AvgIpc) is 2.97. The molecular weight excluding hydrogens is 254 g/mol. The lowest BCUT2D eigenvalue weighted by atomic mass is 10.4. The zero-order valence-electron chi connectivity index (χ0n) is 9.01. The Hall–Kier alpha value is -1.66. The zero-order chi connectivity index (χ0) is 11.8. The summed E-state index contributed by atoms with van der Waals surface area (Å²) in [6.07, 6.45) is 1.67. The first-order chi connectivity index (χ1) is 8.25. The van der Waals surface area contributed by atoms with Gasteiger partial charge in [-0.15, -0.1) is 22.7 Å². The monoisotopic (exact) mass is 263 g/mol. The second kappa shape index (κ2) is 3.97. The number of thiophene rings is 1. The Morgan fingerprint density at radius 1 is 1.41 bits per heavy atom. The molecule has 0 bridgehead atoms. The van der Waals surface area contributed by atoms with E-state index >= 15 is 0 Å². The molecule has 0 aliphatic carbocycles. The molecule has 0 atom stereocenters. The van der Waals surface area contributed by atoms with Gasteiger partial charge in [-0.3, -0.25) is 10.1 Å². The standard InChI is InChI=1S/C11H9N3OS2/c1-14-7-2-4-16-9(7)6-8(14)10(15)13-11-12-3-5-17-11/h2-6H,1H3,(H,12,13,15). The van der Waals surface area contributed by atoms with Crippen molar-refractivity contribution in [3.63, 3.8) is 0 Å². The SMILES string of the molecule is Cn1c(C(=O)Nc2nccs2)cc2sccc21. The van der Waals surface area contributed by atoms with Crippen molar-refractivity contribution in [2.75, 3.05) is 5.32 Å². The van der Waals surface area contributed by atoms with Crippen molar-refractivity contribution in [2.24, 2.45) is 7.05 Å². The van der Waals surface area contributed by atoms with Gasteiger partial charge in [-0.25, -0.2) is 4.98 Å². The van der Waals surface area contributed by atoms with Crippen LogP contribution >= 0.6 is 22.7 Å². The summed E-state index contributed by atoms with van der Waals surface area (Å²) in [5.41, 5.74) is 1.74. The van der Waals surface area contributed by atoms with Gasteiger partial charge < -0.3 is 4.57 Å². The lowest BCUT2D eigenvalue weighted by Gasteiger charge is -2.03. The summed E-state index contributed by atoms with van der Waals surface area (Å²) in [6.45, 7) is 0. The van der Waals surface area contributed by atoms with Crippen LogP contribution in [0.15, 0.2) is 29.1 Å². The van der Waals surface area contributed by atoms with E-state index in [0.29, 0.717) is 10.8 Å². The molecule has 3 aromatic heterocycles. The number of hydrogen-bond acceptors (Lipinski definition) is 4. The highest BCUT2D eigenvalue weighted by Gasteiger charge is 2.14. The molecule has 1 N–H and O–H groups in total. The van der Waals surface area contributed by atoms with Gasteiger partial charge in [0.2, 0.25) is 0 Å². The summed E-state index contributed by atoms with van der Waals surface area (Å²) in [7, 11) is 1.89. The fraction of sp³-hybridized carbons (Fsp3) is 0.0909. The van der Waals surface area contributed by atoms with Gasteiger partial charge in [0.15, 0.2) is 5.13 Å². The van der Waals surface area contributed by atoms with E-state index in [4.69, 9.17) is 0 Å². The number of nitrogens with zero attached hydrogens (tertiary/aromatic N) is 2. The first-order valence-electron chi connectivity index (χ1n) is 4.99. The fourth-order valence-electron chi connectivity index (χ4n) is 1.71. The van der Waals surface area contributed by atoms with Crippen LogP contribution in [-0.2, 0) is 7.05 Å². The molecule has 0 fully saturated rings. The van der Waals surface area contributed by atoms with E-state index in [-0.39, 0.29) is 5.91 Å². The Balaban J connectivity index is 1.95. The smallest absolute Gasteiger partial charge is 0.274 e. The minimum Gasteiger partial charge on any atom is -0.339 e. The van der Waals surface area contributed by atoms with Crippen LogP contribution in [0.2, 0.25) is 0 Å². The molecule has 6 heteroatoms. The molecule has 3 rings (SSSR count). The third kappa shape index (κ3) is 1.75. The number of carbonyl (C=O) groups is 1. The predicted molar refractivity (Wildman–Crippen MR) is 70.9 cm³/mol. The maximum Gasteiger partial charge on any atom is 0.274 e. The van der Waals surface area contributed by atoms with Crippen molar-refractivity contribution >= 4 is 43.9 Å². The van der Waals surface area contributed by atoms with Crippen molar-refractivity contribution in [1.29, 1.82) is 0 Å². The molecule has 3 aromatic rings. The molecule has 0 saturated carbocycles. The Bertz CT molecular complexity index is 666. The summed E-state index contributed by atoms with van der Waals surface area (Å²) in [6, 6.07) is 3.92. The number of aromatic nitrogens is 2. The molecule has 17 heavy (non-hydrogen) atoms. The van der Waals surface area contributed by atoms with Crippen molar-refractivity contribution in [3.8, 4) is 0 Å². The Labute approximate surface area is 106 Å². The van der Waals surface area contributed by atoms with E-state index < -0.39 is 0 Å². The average molecular weight is 263 g/mol. The molecule has 86 valence electrons. The van der Waals surface area contributed by atoms with Crippen LogP contribution in [0.25, 0.3) is 10.2 Å². The lowest BCUT2D eigenvalue weighted by molar-refractivity contribution is 0.102. The molecule has 0 radical (unpaired) electrons. The minimum absolute atomic E-state index is 0.120. The van der Waals surface area contributed by atoms with Gasteiger partial charge in [0, 0.05) is 18.6 Å². The lowest BCUT2D eigenvalue weighted by Crippen LogP contribution is -2.15. The first kappa shape index (κ1) is 10.5. The van der Waals surface area contributed by atoms with Crippen LogP contribution < -0.4 is 5.32 Å². The molecule has 0 spiro atoms. The number of aryl methyl sites for hydroxylation is 1. The highest BCUT2D eigenvalue weighted by molar-refractivity contribution is 7.17. The van der Waals surface area contributed by atoms with Crippen LogP contribution in [0.5, 0.6) is 0 Å². The number of nitrogens with one attached hydrogen (secondary N) is 1. The number of hydrogen-bond donors (Lipinski definition) is 1. The van der Waals surface area contributed by atoms with Crippen molar-refractivity contribution in [3.05, 3.63) is 34.8 Å². The van der Waals surface area contributed by atoms with Gasteiger partial charge in [0.25, 0.3) is 5.91 Å². The van der Waals surface area contributed by atoms with E-state index in [1.54, 1.807) is 17.5 Å². The highest BCUT2D eigenvalue weighted by atomic mass is 32.1. The number of thiazole rings is 1. The molecule has 0 aliphatic rings. The predicted octanol–water partition coefficient (Wildman–Crippen LogP) is 2.95. The number of anilines is 1. The molecule has 4 nitrogen and oxygen atoms in total. The topological polar surface area (TPSA) is 46.9 Å². The summed E-state index contributed by atoms with van der Waals surface area (Å²) in [4.78, 5) is 16.1. The Morgan fingerprint density at radius 3 is 3.00 bits per heavy atom. The first-order valence-corrected chi connectivity index (χ1v) is 6.75. The van der Waals surface area contributed by atoms with Crippen LogP contribution in [0.3, 0.4) is 0 Å². The van der Waals surface area contributed by atoms with E-state index in [0.717, 1.165) is 10.2 Å². The number of amides is 1. The van der Waals surface area contributed by atoms with Crippen molar-refractivity contribution < 1.29 is 4.79 Å². The normalized spacial score (nSPS) is 10.9. The number of carbonyl (C=O) groups excluding carboxylic acids is 1. The molecule has 3 heterocycles. The molecule has 0 saturated heterocycles. The van der Waals surface area contributed by atoms with Gasteiger partial charge in [-0.05, 0) is 17.5 Å². The maximum atomic E-state index is 12.0. The third-order valence-corrected chi connectivity index (χ3v) is 4.09. The number of rotatable bonds is 2. The van der Waals surface area contributed by atoms with E-state index in [1.165, 1.54) is 11.3 Å². The molecule has 0 aliphatic heterocycles. The van der Waals surface area contributed by atoms with Crippen molar-refractivity contribution in [1.82, 2.24) is 9.55 Å². The third-order valence-electron chi connectivity index (χ3n) is 2.55. The Morgan fingerprint density at radius 2 is 2.29 bits per heavy atom. The Kier molecular flexibility index (Phi) is 2.45. The van der Waals surface area contributed by atoms with Gasteiger partial charge >= 0.3 is 0 Å². The van der Waals surface area contributed by atoms with Crippen molar-refractivity contribution in [2.45, 2.75) is 0 Å². The zero-order valence-corrected chi connectivity index (χ0v) is 10.6. The number of fused-ring (bicyclic) bond motifs is 1. The summed E-state index contributed by atoms with van der Waals surface area (Å²) in [5.74, 6) is -0.120. The molecule has 0 aromatic carbocycles. The summed E-state index contributed by atoms with van der Waals surface area (Å²) >= 11 is 3.04. The van der Waals surface area contributed by atoms with Gasteiger partial charge in [-0.1, -0.05) is 0 Å². The van der Waals surface area contributed by atoms with Gasteiger partial charge in [0.05, 0.1) is 10.2 Å². The molecule has 1 amide bonds. The maximum absolute atomic E-state index is 12.0. The minimum atomic E-state index is -0.120. The second-order valence-electron chi connectivity index (χ2n) is 3.55. The van der Waals surface area contributed by atoms with Crippen LogP contribution in [0.1, 0.15) is 10.5 Å². The largest absolute Gasteiger partial charge is 0.339 e. The fourth-order valence-corrected chi connectivity index (χ4v) is 3.09. The molecule has 0 unspecified atom stereocenters. The van der Waals surface area contributed by atoms with E-state index in [9.17, 15) is 4.79 Å². The van der Waals surface area contributed by atoms with Gasteiger partial charge in [0.1, 0.15) is 5.69 Å². The van der Waals surface area contributed by atoms with Crippen LogP contribution in [-0.4, -0.2) is 15.5 Å². The highest BCUT2D eigenvalue weighted by Crippen LogP contribution is 2.24. The molecular formula is C11H9N3OS2.